The number of carbonyl (C=O) groups is 2. The Morgan fingerprint density at radius 2 is 2.12 bits per heavy atom. The van der Waals surface area contributed by atoms with Crippen LogP contribution in [-0.4, -0.2) is 19.0 Å². The normalized spacial score (nSPS) is 8.88. The zero-order valence-electron chi connectivity index (χ0n) is 8.41. The number of amides is 1. The number of esters is 1. The van der Waals surface area contributed by atoms with Crippen molar-refractivity contribution in [2.45, 2.75) is 0 Å². The van der Waals surface area contributed by atoms with Gasteiger partial charge < -0.3 is 10.5 Å². The monoisotopic (exact) mass is 237 g/mol. The molecule has 2 N–H and O–H groups in total. The zero-order valence-corrected chi connectivity index (χ0v) is 9.17. The van der Waals surface area contributed by atoms with E-state index in [0.717, 1.165) is 0 Å². The molecule has 0 aliphatic carbocycles. The molecule has 1 amide bonds. The molecule has 1 aromatic carbocycles. The third-order valence-electron chi connectivity index (χ3n) is 1.70. The van der Waals surface area contributed by atoms with Crippen LogP contribution in [0.5, 0.6) is 0 Å². The van der Waals surface area contributed by atoms with E-state index >= 15 is 0 Å². The van der Waals surface area contributed by atoms with Crippen molar-refractivity contribution in [1.29, 1.82) is 0 Å². The zero-order chi connectivity index (χ0) is 12.1. The molecule has 0 spiro atoms. The van der Waals surface area contributed by atoms with Gasteiger partial charge in [0.2, 0.25) is 0 Å². The van der Waals surface area contributed by atoms with Gasteiger partial charge in [0.05, 0.1) is 17.7 Å². The van der Waals surface area contributed by atoms with E-state index in [9.17, 15) is 9.59 Å². The van der Waals surface area contributed by atoms with Crippen LogP contribution in [0.4, 0.5) is 0 Å². The Hall–Kier alpha value is -1.99. The van der Waals surface area contributed by atoms with E-state index in [1.165, 1.54) is 19.2 Å². The maximum Gasteiger partial charge on any atom is 0.339 e. The Morgan fingerprint density at radius 1 is 1.44 bits per heavy atom. The Kier molecular flexibility index (Phi) is 3.92. The number of primary amides is 1. The quantitative estimate of drug-likeness (QED) is 0.584. The summed E-state index contributed by atoms with van der Waals surface area (Å²) in [6.45, 7) is 0. The fourth-order valence-electron chi connectivity index (χ4n) is 1.00. The predicted octanol–water partition coefficient (Wildman–Crippen LogP) is 0.963. The maximum atomic E-state index is 11.2. The van der Waals surface area contributed by atoms with E-state index in [1.807, 2.05) is 0 Å². The van der Waals surface area contributed by atoms with Crippen LogP contribution in [0.1, 0.15) is 15.9 Å². The van der Waals surface area contributed by atoms with Crippen molar-refractivity contribution in [2.75, 3.05) is 7.11 Å². The van der Waals surface area contributed by atoms with Crippen molar-refractivity contribution in [1.82, 2.24) is 0 Å². The number of methoxy groups -OCH3 is 1. The second kappa shape index (κ2) is 5.19. The van der Waals surface area contributed by atoms with Gasteiger partial charge in [-0.05, 0) is 24.1 Å². The van der Waals surface area contributed by atoms with Gasteiger partial charge in [0, 0.05) is 5.56 Å². The first-order valence-corrected chi connectivity index (χ1v) is 4.61. The van der Waals surface area contributed by atoms with Crippen LogP contribution in [-0.2, 0) is 9.53 Å². The number of hydrogen-bond donors (Lipinski definition) is 1. The average molecular weight is 238 g/mol. The Morgan fingerprint density at radius 3 is 2.62 bits per heavy atom. The summed E-state index contributed by atoms with van der Waals surface area (Å²) >= 11 is 5.83. The molecule has 0 radical (unpaired) electrons. The van der Waals surface area contributed by atoms with Gasteiger partial charge in [-0.3, -0.25) is 4.79 Å². The van der Waals surface area contributed by atoms with Crippen molar-refractivity contribution in [3.63, 3.8) is 0 Å². The lowest BCUT2D eigenvalue weighted by Gasteiger charge is -2.01. The van der Waals surface area contributed by atoms with Gasteiger partial charge in [0.15, 0.2) is 0 Å². The van der Waals surface area contributed by atoms with Crippen molar-refractivity contribution < 1.29 is 14.3 Å². The molecule has 1 rings (SSSR count). The number of ether oxygens (including phenoxy) is 1. The molecule has 0 atom stereocenters. The molecule has 0 bridgehead atoms. The number of benzene rings is 1. The summed E-state index contributed by atoms with van der Waals surface area (Å²) in [7, 11) is 1.26. The molecule has 16 heavy (non-hydrogen) atoms. The molecule has 0 unspecified atom stereocenters. The smallest absolute Gasteiger partial charge is 0.339 e. The highest BCUT2D eigenvalue weighted by Crippen LogP contribution is 2.18. The molecule has 0 aromatic heterocycles. The van der Waals surface area contributed by atoms with Crippen LogP contribution >= 0.6 is 11.6 Å². The van der Waals surface area contributed by atoms with E-state index in [4.69, 9.17) is 17.3 Å². The lowest BCUT2D eigenvalue weighted by Crippen LogP contribution is -2.06. The summed E-state index contributed by atoms with van der Waals surface area (Å²) in [6.07, 6.45) is 0. The summed E-state index contributed by atoms with van der Waals surface area (Å²) in [5.74, 6) is 3.42. The third kappa shape index (κ3) is 3.01. The van der Waals surface area contributed by atoms with Gasteiger partial charge in [-0.15, -0.1) is 0 Å². The lowest BCUT2D eigenvalue weighted by atomic mass is 10.1. The fraction of sp³-hybridized carbons (Fsp3) is 0.0909. The van der Waals surface area contributed by atoms with Gasteiger partial charge in [0.25, 0.3) is 5.91 Å². The standard InChI is InChI=1S/C11H8ClNO3/c1-16-11(15)8-4-2-7(6-9(8)12)3-5-10(13)14/h2,4,6H,1H3,(H2,13,14). The second-order valence-corrected chi connectivity index (χ2v) is 3.21. The van der Waals surface area contributed by atoms with E-state index in [0.29, 0.717) is 5.56 Å². The van der Waals surface area contributed by atoms with Gasteiger partial charge in [0.1, 0.15) is 0 Å². The molecular weight excluding hydrogens is 230 g/mol. The Bertz CT molecular complexity index is 500. The fourth-order valence-corrected chi connectivity index (χ4v) is 1.26. The topological polar surface area (TPSA) is 69.4 Å². The van der Waals surface area contributed by atoms with E-state index in [-0.39, 0.29) is 10.6 Å². The van der Waals surface area contributed by atoms with Crippen LogP contribution in [0.2, 0.25) is 5.02 Å². The minimum absolute atomic E-state index is 0.211. The lowest BCUT2D eigenvalue weighted by molar-refractivity contribution is -0.112. The molecule has 0 aliphatic rings. The highest BCUT2D eigenvalue weighted by molar-refractivity contribution is 6.33. The van der Waals surface area contributed by atoms with Crippen LogP contribution in [0.3, 0.4) is 0 Å². The maximum absolute atomic E-state index is 11.2. The third-order valence-corrected chi connectivity index (χ3v) is 2.02. The van der Waals surface area contributed by atoms with E-state index < -0.39 is 11.9 Å². The van der Waals surface area contributed by atoms with Crippen LogP contribution in [0.25, 0.3) is 0 Å². The average Bonchev–Trinajstić information content (AvgIpc) is 2.25. The largest absolute Gasteiger partial charge is 0.465 e. The Labute approximate surface area is 97.3 Å². The predicted molar refractivity (Wildman–Crippen MR) is 58.9 cm³/mol. The molecule has 5 heteroatoms. The molecule has 0 aliphatic heterocycles. The second-order valence-electron chi connectivity index (χ2n) is 2.80. The van der Waals surface area contributed by atoms with Gasteiger partial charge in [-0.2, -0.15) is 0 Å². The first-order chi connectivity index (χ1) is 7.54. The highest BCUT2D eigenvalue weighted by atomic mass is 35.5. The molecule has 0 heterocycles. The molecule has 82 valence electrons. The number of nitrogens with two attached hydrogens (primary N) is 1. The van der Waals surface area contributed by atoms with Crippen LogP contribution in [0, 0.1) is 11.8 Å². The number of hydrogen-bond acceptors (Lipinski definition) is 3. The van der Waals surface area contributed by atoms with E-state index in [2.05, 4.69) is 16.6 Å². The van der Waals surface area contributed by atoms with Gasteiger partial charge in [-0.1, -0.05) is 17.5 Å². The molecule has 0 saturated carbocycles. The minimum atomic E-state index is -0.729. The molecule has 0 fully saturated rings. The van der Waals surface area contributed by atoms with E-state index in [1.54, 1.807) is 6.07 Å². The highest BCUT2D eigenvalue weighted by Gasteiger charge is 2.09. The van der Waals surface area contributed by atoms with Crippen molar-refractivity contribution >= 4 is 23.5 Å². The SMILES string of the molecule is COC(=O)c1ccc(C#CC(N)=O)cc1Cl. The first kappa shape index (κ1) is 12.1. The number of rotatable bonds is 1. The first-order valence-electron chi connectivity index (χ1n) is 4.24. The van der Waals surface area contributed by atoms with Gasteiger partial charge in [-0.25, -0.2) is 4.79 Å². The van der Waals surface area contributed by atoms with Crippen LogP contribution in [0.15, 0.2) is 18.2 Å². The summed E-state index contributed by atoms with van der Waals surface area (Å²) < 4.78 is 4.52. The minimum Gasteiger partial charge on any atom is -0.465 e. The summed E-state index contributed by atoms with van der Waals surface area (Å²) in [6, 6.07) is 4.48. The summed E-state index contributed by atoms with van der Waals surface area (Å²) in [5, 5.41) is 0.211. The molecule has 0 saturated heterocycles. The number of carbonyl (C=O) groups excluding carboxylic acids is 2. The van der Waals surface area contributed by atoms with Gasteiger partial charge >= 0.3 is 5.97 Å². The molecule has 4 nitrogen and oxygen atoms in total. The van der Waals surface area contributed by atoms with Crippen molar-refractivity contribution in [3.8, 4) is 11.8 Å². The molecule has 1 aromatic rings. The van der Waals surface area contributed by atoms with Crippen molar-refractivity contribution in [3.05, 3.63) is 34.3 Å². The number of halogens is 1. The van der Waals surface area contributed by atoms with Crippen molar-refractivity contribution in [2.24, 2.45) is 5.73 Å². The Balaban J connectivity index is 3.06. The summed E-state index contributed by atoms with van der Waals surface area (Å²) in [5.41, 5.74) is 5.60. The molecular formula is C11H8ClNO3. The summed E-state index contributed by atoms with van der Waals surface area (Å²) in [4.78, 5) is 21.6. The van der Waals surface area contributed by atoms with Crippen LogP contribution < -0.4 is 5.73 Å².